The maximum atomic E-state index is 10.5. The van der Waals surface area contributed by atoms with Crippen LogP contribution in [0.3, 0.4) is 0 Å². The smallest absolute Gasteiger partial charge is 0.304 e. The van der Waals surface area contributed by atoms with Crippen LogP contribution in [0.5, 0.6) is 0 Å². The third-order valence-electron chi connectivity index (χ3n) is 2.02. The third-order valence-corrected chi connectivity index (χ3v) is 2.02. The molecule has 0 heterocycles. The van der Waals surface area contributed by atoms with E-state index >= 15 is 0 Å². The van der Waals surface area contributed by atoms with E-state index in [-0.39, 0.29) is 6.42 Å². The molecule has 1 atom stereocenters. The second-order valence-electron chi connectivity index (χ2n) is 3.23. The Labute approximate surface area is 87.0 Å². The highest BCUT2D eigenvalue weighted by Gasteiger charge is 2.13. The van der Waals surface area contributed by atoms with Gasteiger partial charge in [0.25, 0.3) is 0 Å². The molecule has 1 aromatic carbocycles. The molecule has 0 amide bonds. The molecule has 5 nitrogen and oxygen atoms in total. The molecule has 1 rings (SSSR count). The van der Waals surface area contributed by atoms with Crippen molar-refractivity contribution in [2.75, 3.05) is 0 Å². The van der Waals surface area contributed by atoms with Gasteiger partial charge in [-0.15, -0.1) is 0 Å². The van der Waals surface area contributed by atoms with E-state index in [4.69, 9.17) is 10.6 Å². The molecule has 0 spiro atoms. The van der Waals surface area contributed by atoms with Gasteiger partial charge in [-0.25, -0.2) is 0 Å². The first-order valence-electron chi connectivity index (χ1n) is 4.46. The minimum Gasteiger partial charge on any atom is -0.481 e. The van der Waals surface area contributed by atoms with E-state index in [1.54, 1.807) is 12.1 Å². The summed E-state index contributed by atoms with van der Waals surface area (Å²) in [6.45, 7) is 1.93. The summed E-state index contributed by atoms with van der Waals surface area (Å²) in [6.07, 6.45) is -0.187. The lowest BCUT2D eigenvalue weighted by atomic mass is 10.0. The van der Waals surface area contributed by atoms with Crippen LogP contribution >= 0.6 is 0 Å². The molecule has 15 heavy (non-hydrogen) atoms. The lowest BCUT2D eigenvalue weighted by molar-refractivity contribution is -0.137. The molecule has 1 aromatic rings. The van der Waals surface area contributed by atoms with E-state index in [1.807, 2.05) is 19.1 Å². The molecule has 0 aliphatic carbocycles. The van der Waals surface area contributed by atoms with Crippen LogP contribution in [0.15, 0.2) is 29.4 Å². The normalized spacial score (nSPS) is 11.5. The Morgan fingerprint density at radius 2 is 2.13 bits per heavy atom. The average molecular weight is 205 g/mol. The molecule has 0 bridgehead atoms. The zero-order valence-electron chi connectivity index (χ0n) is 8.29. The first-order valence-corrected chi connectivity index (χ1v) is 4.46. The van der Waals surface area contributed by atoms with Gasteiger partial charge in [-0.1, -0.05) is 34.9 Å². The van der Waals surface area contributed by atoms with Crippen molar-refractivity contribution in [2.45, 2.75) is 19.4 Å². The molecule has 0 saturated heterocycles. The van der Waals surface area contributed by atoms with Gasteiger partial charge in [0.05, 0.1) is 12.5 Å². The Hall–Kier alpha value is -2.00. The van der Waals surface area contributed by atoms with Crippen molar-refractivity contribution in [3.05, 3.63) is 45.8 Å². The van der Waals surface area contributed by atoms with Crippen molar-refractivity contribution < 1.29 is 9.90 Å². The van der Waals surface area contributed by atoms with Crippen LogP contribution in [0.2, 0.25) is 0 Å². The Bertz CT molecular complexity index is 394. The summed E-state index contributed by atoms with van der Waals surface area (Å²) >= 11 is 0. The molecule has 1 unspecified atom stereocenters. The van der Waals surface area contributed by atoms with E-state index in [1.165, 1.54) is 0 Å². The van der Waals surface area contributed by atoms with Crippen molar-refractivity contribution in [1.29, 1.82) is 0 Å². The third kappa shape index (κ3) is 3.32. The van der Waals surface area contributed by atoms with Crippen LogP contribution in [0, 0.1) is 6.92 Å². The fourth-order valence-electron chi connectivity index (χ4n) is 1.24. The van der Waals surface area contributed by atoms with E-state index in [0.29, 0.717) is 0 Å². The number of rotatable bonds is 4. The topological polar surface area (TPSA) is 86.1 Å². The number of aliphatic carboxylic acids is 1. The Morgan fingerprint density at radius 1 is 1.53 bits per heavy atom. The van der Waals surface area contributed by atoms with Gasteiger partial charge in [0.1, 0.15) is 0 Å². The fourth-order valence-corrected chi connectivity index (χ4v) is 1.24. The molecular formula is C10H11N3O2. The molecule has 5 heteroatoms. The first kappa shape index (κ1) is 11.1. The lowest BCUT2D eigenvalue weighted by Gasteiger charge is -2.08. The number of hydrogen-bond acceptors (Lipinski definition) is 2. The average Bonchev–Trinajstić information content (AvgIpc) is 2.17. The quantitative estimate of drug-likeness (QED) is 0.465. The molecule has 0 radical (unpaired) electrons. The number of benzene rings is 1. The van der Waals surface area contributed by atoms with E-state index in [9.17, 15) is 4.79 Å². The van der Waals surface area contributed by atoms with Crippen molar-refractivity contribution in [3.63, 3.8) is 0 Å². The van der Waals surface area contributed by atoms with Crippen LogP contribution in [-0.4, -0.2) is 11.1 Å². The Balaban J connectivity index is 2.93. The number of carbonyl (C=O) groups is 1. The lowest BCUT2D eigenvalue weighted by Crippen LogP contribution is -2.03. The maximum absolute atomic E-state index is 10.5. The summed E-state index contributed by atoms with van der Waals surface area (Å²) in [5.74, 6) is -0.979. The molecule has 0 aromatic heterocycles. The SMILES string of the molecule is Cc1ccc(C(CC(=O)O)N=[N+]=[N-])cc1. The predicted octanol–water partition coefficient (Wildman–Crippen LogP) is 2.82. The number of azide groups is 1. The second kappa shape index (κ2) is 5.02. The van der Waals surface area contributed by atoms with Gasteiger partial charge < -0.3 is 5.11 Å². The van der Waals surface area contributed by atoms with Gasteiger partial charge in [0.15, 0.2) is 0 Å². The number of aryl methyl sites for hydroxylation is 1. The molecule has 0 fully saturated rings. The molecule has 78 valence electrons. The molecule has 0 saturated carbocycles. The van der Waals surface area contributed by atoms with Crippen LogP contribution < -0.4 is 0 Å². The molecular weight excluding hydrogens is 194 g/mol. The van der Waals surface area contributed by atoms with Crippen molar-refractivity contribution in [2.24, 2.45) is 5.11 Å². The molecule has 0 aliphatic heterocycles. The monoisotopic (exact) mass is 205 g/mol. The first-order chi connectivity index (χ1) is 7.13. The van der Waals surface area contributed by atoms with Crippen LogP contribution in [-0.2, 0) is 4.79 Å². The van der Waals surface area contributed by atoms with E-state index < -0.39 is 12.0 Å². The summed E-state index contributed by atoms with van der Waals surface area (Å²) in [6, 6.07) is 6.64. The zero-order chi connectivity index (χ0) is 11.3. The molecule has 0 aliphatic rings. The standard InChI is InChI=1S/C10H11N3O2/c1-7-2-4-8(5-3-7)9(12-13-11)6-10(14)15/h2-5,9H,6H2,1H3,(H,14,15). The van der Waals surface area contributed by atoms with E-state index in [0.717, 1.165) is 11.1 Å². The predicted molar refractivity (Wildman–Crippen MR) is 55.3 cm³/mol. The minimum absolute atomic E-state index is 0.187. The van der Waals surface area contributed by atoms with Gasteiger partial charge in [-0.05, 0) is 18.0 Å². The summed E-state index contributed by atoms with van der Waals surface area (Å²) in [7, 11) is 0. The van der Waals surface area contributed by atoms with Crippen molar-refractivity contribution in [3.8, 4) is 0 Å². The highest BCUT2D eigenvalue weighted by molar-refractivity contribution is 5.68. The fraction of sp³-hybridized carbons (Fsp3) is 0.300. The van der Waals surface area contributed by atoms with Crippen LogP contribution in [0.25, 0.3) is 10.4 Å². The summed E-state index contributed by atoms with van der Waals surface area (Å²) in [5, 5.41) is 12.1. The number of nitrogens with zero attached hydrogens (tertiary/aromatic N) is 3. The number of hydrogen-bond donors (Lipinski definition) is 1. The zero-order valence-corrected chi connectivity index (χ0v) is 8.29. The summed E-state index contributed by atoms with van der Waals surface area (Å²) in [5.41, 5.74) is 10.1. The summed E-state index contributed by atoms with van der Waals surface area (Å²) in [4.78, 5) is 13.2. The number of carboxylic acid groups (broad SMARTS) is 1. The highest BCUT2D eigenvalue weighted by atomic mass is 16.4. The Kier molecular flexibility index (Phi) is 3.71. The van der Waals surface area contributed by atoms with Crippen molar-refractivity contribution in [1.82, 2.24) is 0 Å². The summed E-state index contributed by atoms with van der Waals surface area (Å²) < 4.78 is 0. The Morgan fingerprint density at radius 3 is 2.60 bits per heavy atom. The largest absolute Gasteiger partial charge is 0.481 e. The van der Waals surface area contributed by atoms with Gasteiger partial charge in [0, 0.05) is 4.91 Å². The van der Waals surface area contributed by atoms with Crippen LogP contribution in [0.4, 0.5) is 0 Å². The van der Waals surface area contributed by atoms with Gasteiger partial charge >= 0.3 is 5.97 Å². The maximum Gasteiger partial charge on any atom is 0.304 e. The highest BCUT2D eigenvalue weighted by Crippen LogP contribution is 2.21. The van der Waals surface area contributed by atoms with Gasteiger partial charge in [-0.3, -0.25) is 4.79 Å². The number of carboxylic acids is 1. The molecule has 1 N–H and O–H groups in total. The van der Waals surface area contributed by atoms with Crippen molar-refractivity contribution >= 4 is 5.97 Å². The minimum atomic E-state index is -0.979. The van der Waals surface area contributed by atoms with E-state index in [2.05, 4.69) is 10.0 Å². The van der Waals surface area contributed by atoms with Gasteiger partial charge in [-0.2, -0.15) is 0 Å². The van der Waals surface area contributed by atoms with Crippen LogP contribution in [0.1, 0.15) is 23.6 Å². The second-order valence-corrected chi connectivity index (χ2v) is 3.23. The van der Waals surface area contributed by atoms with Gasteiger partial charge in [0.2, 0.25) is 0 Å².